The Bertz CT molecular complexity index is 1430. The first-order valence-corrected chi connectivity index (χ1v) is 14.5. The number of carbonyl (C=O) groups is 3. The Hall–Kier alpha value is -3.48. The molecule has 1 saturated carbocycles. The van der Waals surface area contributed by atoms with E-state index in [2.05, 4.69) is 41.3 Å². The monoisotopic (exact) mass is 556 g/mol. The summed E-state index contributed by atoms with van der Waals surface area (Å²) in [5.74, 6) is 0.893. The number of hydrogen-bond donors (Lipinski definition) is 0. The van der Waals surface area contributed by atoms with E-state index >= 15 is 0 Å². The average molecular weight is 557 g/mol. The van der Waals surface area contributed by atoms with Gasteiger partial charge in [0.1, 0.15) is 18.1 Å². The fourth-order valence-corrected chi connectivity index (χ4v) is 6.42. The van der Waals surface area contributed by atoms with E-state index in [0.29, 0.717) is 43.2 Å². The van der Waals surface area contributed by atoms with Crippen molar-refractivity contribution in [3.8, 4) is 5.75 Å². The molecular formula is C33H33ClN2O4. The minimum Gasteiger partial charge on any atom is -0.489 e. The molecule has 2 aliphatic heterocycles. The van der Waals surface area contributed by atoms with Gasteiger partial charge in [-0.25, -0.2) is 0 Å². The first kappa shape index (κ1) is 26.7. The minimum absolute atomic E-state index is 0.0425. The first-order valence-electron chi connectivity index (χ1n) is 14.1. The van der Waals surface area contributed by atoms with E-state index in [9.17, 15) is 14.4 Å². The molecule has 6 rings (SSSR count). The van der Waals surface area contributed by atoms with Gasteiger partial charge in [0.25, 0.3) is 5.91 Å². The summed E-state index contributed by atoms with van der Waals surface area (Å²) < 4.78 is 6.24. The van der Waals surface area contributed by atoms with Gasteiger partial charge in [-0.1, -0.05) is 54.1 Å². The summed E-state index contributed by atoms with van der Waals surface area (Å²) in [5.41, 5.74) is 5.11. The van der Waals surface area contributed by atoms with Crippen molar-refractivity contribution >= 4 is 29.1 Å². The van der Waals surface area contributed by atoms with E-state index in [0.717, 1.165) is 48.6 Å². The number of likely N-dealkylation sites (tertiary alicyclic amines) is 1. The average Bonchev–Trinajstić information content (AvgIpc) is 3.29. The minimum atomic E-state index is -0.529. The van der Waals surface area contributed by atoms with Crippen molar-refractivity contribution in [3.05, 3.63) is 99.6 Å². The molecule has 3 aromatic rings. The number of fused-ring (bicyclic) bond motifs is 1. The molecule has 0 bridgehead atoms. The number of amides is 1. The molecule has 1 unspecified atom stereocenters. The number of benzene rings is 3. The van der Waals surface area contributed by atoms with Crippen LogP contribution in [0.5, 0.6) is 5.75 Å². The third-order valence-corrected chi connectivity index (χ3v) is 8.74. The first-order chi connectivity index (χ1) is 19.4. The van der Waals surface area contributed by atoms with Crippen molar-refractivity contribution in [2.45, 2.75) is 63.8 Å². The van der Waals surface area contributed by atoms with E-state index < -0.39 is 6.04 Å². The Labute approximate surface area is 239 Å². The zero-order chi connectivity index (χ0) is 27.6. The molecule has 1 aliphatic carbocycles. The molecule has 0 N–H and O–H groups in total. The van der Waals surface area contributed by atoms with Gasteiger partial charge in [0, 0.05) is 29.1 Å². The third-order valence-electron chi connectivity index (χ3n) is 8.49. The van der Waals surface area contributed by atoms with E-state index in [1.165, 1.54) is 11.1 Å². The number of halogens is 1. The van der Waals surface area contributed by atoms with Crippen molar-refractivity contribution in [2.24, 2.45) is 0 Å². The zero-order valence-electron chi connectivity index (χ0n) is 22.5. The number of ketones is 2. The molecule has 0 aromatic heterocycles. The summed E-state index contributed by atoms with van der Waals surface area (Å²) >= 11 is 6.06. The van der Waals surface area contributed by atoms with E-state index in [1.54, 1.807) is 11.0 Å². The fraction of sp³-hybridized carbons (Fsp3) is 0.364. The van der Waals surface area contributed by atoms with Crippen molar-refractivity contribution in [1.82, 2.24) is 9.80 Å². The molecule has 2 heterocycles. The number of rotatable bonds is 7. The van der Waals surface area contributed by atoms with E-state index in [1.807, 2.05) is 24.3 Å². The highest BCUT2D eigenvalue weighted by molar-refractivity contribution is 6.30. The second-order valence-electron chi connectivity index (χ2n) is 11.2. The Morgan fingerprint density at radius 3 is 2.40 bits per heavy atom. The van der Waals surface area contributed by atoms with Gasteiger partial charge in [-0.15, -0.1) is 0 Å². The maximum atomic E-state index is 13.1. The Morgan fingerprint density at radius 2 is 1.62 bits per heavy atom. The van der Waals surface area contributed by atoms with E-state index in [-0.39, 0.29) is 23.9 Å². The molecule has 1 amide bonds. The highest BCUT2D eigenvalue weighted by Gasteiger charge is 2.40. The van der Waals surface area contributed by atoms with Gasteiger partial charge in [0.2, 0.25) is 0 Å². The Kier molecular flexibility index (Phi) is 7.72. The van der Waals surface area contributed by atoms with Gasteiger partial charge in [-0.2, -0.15) is 0 Å². The maximum Gasteiger partial charge on any atom is 0.255 e. The molecule has 0 radical (unpaired) electrons. The van der Waals surface area contributed by atoms with Gasteiger partial charge >= 0.3 is 0 Å². The van der Waals surface area contributed by atoms with Gasteiger partial charge in [0.15, 0.2) is 5.78 Å². The van der Waals surface area contributed by atoms with Crippen LogP contribution in [0.1, 0.15) is 70.6 Å². The summed E-state index contributed by atoms with van der Waals surface area (Å²) in [5, 5.41) is 0.784. The second kappa shape index (κ2) is 11.6. The molecule has 1 atom stereocenters. The largest absolute Gasteiger partial charge is 0.489 e. The van der Waals surface area contributed by atoms with Crippen LogP contribution < -0.4 is 4.74 Å². The molecule has 2 fully saturated rings. The number of nitrogens with zero attached hydrogens (tertiary/aromatic N) is 2. The fourth-order valence-electron chi connectivity index (χ4n) is 6.30. The van der Waals surface area contributed by atoms with Crippen molar-refractivity contribution in [3.63, 3.8) is 0 Å². The molecule has 7 heteroatoms. The van der Waals surface area contributed by atoms with Crippen LogP contribution in [0, 0.1) is 0 Å². The van der Waals surface area contributed by atoms with Crippen molar-refractivity contribution < 1.29 is 19.1 Å². The predicted molar refractivity (Wildman–Crippen MR) is 153 cm³/mol. The maximum absolute atomic E-state index is 13.1. The second-order valence-corrected chi connectivity index (χ2v) is 11.6. The van der Waals surface area contributed by atoms with Gasteiger partial charge < -0.3 is 9.64 Å². The number of ether oxygens (including phenoxy) is 1. The van der Waals surface area contributed by atoms with E-state index in [4.69, 9.17) is 16.3 Å². The zero-order valence-corrected chi connectivity index (χ0v) is 23.2. The summed E-state index contributed by atoms with van der Waals surface area (Å²) in [4.78, 5) is 41.4. The van der Waals surface area contributed by atoms with Crippen LogP contribution in [0.3, 0.4) is 0 Å². The number of hydrogen-bond acceptors (Lipinski definition) is 5. The van der Waals surface area contributed by atoms with Crippen LogP contribution in [-0.4, -0.2) is 46.4 Å². The molecule has 40 heavy (non-hydrogen) atoms. The molecule has 6 nitrogen and oxygen atoms in total. The number of Topliss-reactive ketones (excluding diaryl/α,β-unsaturated/α-hetero) is 2. The van der Waals surface area contributed by atoms with Crippen molar-refractivity contribution in [2.75, 3.05) is 13.1 Å². The highest BCUT2D eigenvalue weighted by atomic mass is 35.5. The smallest absolute Gasteiger partial charge is 0.255 e. The molecule has 3 aliphatic rings. The lowest BCUT2D eigenvalue weighted by atomic mass is 9.89. The Morgan fingerprint density at radius 1 is 0.875 bits per heavy atom. The number of carbonyl (C=O) groups excluding carboxylic acids is 3. The molecular weight excluding hydrogens is 524 g/mol. The van der Waals surface area contributed by atoms with Crippen LogP contribution in [0.2, 0.25) is 5.02 Å². The van der Waals surface area contributed by atoms with Gasteiger partial charge in [-0.05, 0) is 79.2 Å². The van der Waals surface area contributed by atoms with Crippen LogP contribution in [0.25, 0.3) is 0 Å². The standard InChI is InChI=1S/C33H33ClN2O4/c34-26-9-7-24(8-10-26)25-13-15-35(16-14-25)19-22-3-1-4-23(17-22)21-40-32-6-2-5-28-29(32)20-36(33(28)39)30-12-11-27(37)18-31(30)38/h1-10,17,25,30H,11-16,18-21H2. The van der Waals surface area contributed by atoms with Gasteiger partial charge in [0.05, 0.1) is 19.0 Å². The topological polar surface area (TPSA) is 66.9 Å². The lowest BCUT2D eigenvalue weighted by Gasteiger charge is -2.32. The molecule has 3 aromatic carbocycles. The SMILES string of the molecule is O=C1CCC(N2Cc3c(OCc4cccc(CN5CCC(c6ccc(Cl)cc6)CC5)c4)cccc3C2=O)C(=O)C1. The lowest BCUT2D eigenvalue weighted by Crippen LogP contribution is -2.44. The summed E-state index contributed by atoms with van der Waals surface area (Å²) in [6.07, 6.45) is 2.95. The van der Waals surface area contributed by atoms with Crippen molar-refractivity contribution in [1.29, 1.82) is 0 Å². The van der Waals surface area contributed by atoms with Gasteiger partial charge in [-0.3, -0.25) is 19.3 Å². The lowest BCUT2D eigenvalue weighted by molar-refractivity contribution is -0.133. The van der Waals surface area contributed by atoms with Crippen LogP contribution in [-0.2, 0) is 29.3 Å². The number of piperidine rings is 1. The van der Waals surface area contributed by atoms with Crippen LogP contribution in [0.4, 0.5) is 0 Å². The molecule has 1 saturated heterocycles. The summed E-state index contributed by atoms with van der Waals surface area (Å²) in [6.45, 7) is 3.76. The predicted octanol–water partition coefficient (Wildman–Crippen LogP) is 5.95. The summed E-state index contributed by atoms with van der Waals surface area (Å²) in [6, 6.07) is 21.7. The summed E-state index contributed by atoms with van der Waals surface area (Å²) in [7, 11) is 0. The molecule has 206 valence electrons. The molecule has 0 spiro atoms. The highest BCUT2D eigenvalue weighted by Crippen LogP contribution is 2.35. The van der Waals surface area contributed by atoms with Crippen LogP contribution in [0.15, 0.2) is 66.7 Å². The quantitative estimate of drug-likeness (QED) is 0.337. The third kappa shape index (κ3) is 5.70. The normalized spacial score (nSPS) is 20.2. The van der Waals surface area contributed by atoms with Crippen LogP contribution >= 0.6 is 11.6 Å². The Balaban J connectivity index is 1.06.